The molecule has 0 saturated carbocycles. The lowest BCUT2D eigenvalue weighted by Crippen LogP contribution is -2.45. The van der Waals surface area contributed by atoms with Gasteiger partial charge in [0.2, 0.25) is 0 Å². The number of rotatable bonds is 3. The molecule has 0 radical (unpaired) electrons. The quantitative estimate of drug-likeness (QED) is 0.830. The van der Waals surface area contributed by atoms with Gasteiger partial charge in [-0.3, -0.25) is 0 Å². The molecule has 0 bridgehead atoms. The summed E-state index contributed by atoms with van der Waals surface area (Å²) in [6.07, 6.45) is 2.48. The van der Waals surface area contributed by atoms with Crippen LogP contribution in [0.4, 0.5) is 11.4 Å². The Morgan fingerprint density at radius 1 is 1.39 bits per heavy atom. The van der Waals surface area contributed by atoms with E-state index in [2.05, 4.69) is 30.0 Å². The molecule has 2 N–H and O–H groups in total. The molecular weight excluding hydrogens is 226 g/mol. The number of piperidine rings is 1. The predicted octanol–water partition coefficient (Wildman–Crippen LogP) is 1.81. The summed E-state index contributed by atoms with van der Waals surface area (Å²) in [7, 11) is 5.95. The molecule has 1 aliphatic rings. The highest BCUT2D eigenvalue weighted by molar-refractivity contribution is 5.69. The smallest absolute Gasteiger partial charge is 0.121 e. The number of nitrogens with two attached hydrogens (primary N) is 1. The number of hydrogen-bond donors (Lipinski definition) is 1. The Hall–Kier alpha value is -1.42. The van der Waals surface area contributed by atoms with Gasteiger partial charge in [-0.15, -0.1) is 0 Å². The monoisotopic (exact) mass is 249 g/mol. The standard InChI is InChI=1S/C14H23N3O/c1-16(2)11-5-4-8-17(10-11)14-7-6-12(18-3)9-13(14)15/h6-7,9,11H,4-5,8,10,15H2,1-3H3. The highest BCUT2D eigenvalue weighted by atomic mass is 16.5. The molecule has 2 rings (SSSR count). The van der Waals surface area contributed by atoms with E-state index in [1.54, 1.807) is 7.11 Å². The number of benzene rings is 1. The van der Waals surface area contributed by atoms with E-state index in [-0.39, 0.29) is 0 Å². The first kappa shape index (κ1) is 13.0. The third kappa shape index (κ3) is 2.70. The Bertz CT molecular complexity index is 406. The number of methoxy groups -OCH3 is 1. The van der Waals surface area contributed by atoms with Crippen molar-refractivity contribution < 1.29 is 4.74 Å². The molecule has 4 nitrogen and oxygen atoms in total. The van der Waals surface area contributed by atoms with Gasteiger partial charge < -0.3 is 20.3 Å². The SMILES string of the molecule is COc1ccc(N2CCCC(N(C)C)C2)c(N)c1. The van der Waals surface area contributed by atoms with Gasteiger partial charge in [-0.2, -0.15) is 0 Å². The second kappa shape index (κ2) is 5.48. The van der Waals surface area contributed by atoms with Gasteiger partial charge in [-0.1, -0.05) is 0 Å². The summed E-state index contributed by atoms with van der Waals surface area (Å²) in [5.74, 6) is 0.817. The maximum atomic E-state index is 6.11. The van der Waals surface area contributed by atoms with E-state index < -0.39 is 0 Å². The van der Waals surface area contributed by atoms with Crippen LogP contribution in [-0.2, 0) is 0 Å². The van der Waals surface area contributed by atoms with Crippen molar-refractivity contribution in [3.8, 4) is 5.75 Å². The second-order valence-electron chi connectivity index (χ2n) is 5.13. The van der Waals surface area contributed by atoms with Crippen molar-refractivity contribution in [1.29, 1.82) is 0 Å². The fourth-order valence-corrected chi connectivity index (χ4v) is 2.54. The second-order valence-corrected chi connectivity index (χ2v) is 5.13. The zero-order valence-corrected chi connectivity index (χ0v) is 11.5. The zero-order chi connectivity index (χ0) is 13.1. The molecule has 4 heteroatoms. The predicted molar refractivity (Wildman–Crippen MR) is 76.3 cm³/mol. The molecule has 1 aromatic rings. The molecule has 1 saturated heterocycles. The van der Waals surface area contributed by atoms with Crippen LogP contribution in [0.1, 0.15) is 12.8 Å². The molecule has 1 atom stereocenters. The zero-order valence-electron chi connectivity index (χ0n) is 11.5. The first-order valence-corrected chi connectivity index (χ1v) is 6.46. The van der Waals surface area contributed by atoms with Gasteiger partial charge in [0, 0.05) is 25.2 Å². The third-order valence-electron chi connectivity index (χ3n) is 3.70. The third-order valence-corrected chi connectivity index (χ3v) is 3.70. The van der Waals surface area contributed by atoms with E-state index in [1.165, 1.54) is 12.8 Å². The summed E-state index contributed by atoms with van der Waals surface area (Å²) in [5.41, 5.74) is 8.04. The first-order valence-electron chi connectivity index (χ1n) is 6.46. The molecule has 0 aromatic heterocycles. The minimum absolute atomic E-state index is 0.611. The highest BCUT2D eigenvalue weighted by Crippen LogP contribution is 2.30. The topological polar surface area (TPSA) is 41.7 Å². The van der Waals surface area contributed by atoms with Crippen LogP contribution in [0, 0.1) is 0 Å². The molecule has 1 unspecified atom stereocenters. The molecule has 0 aliphatic carbocycles. The average Bonchev–Trinajstić information content (AvgIpc) is 2.38. The molecule has 100 valence electrons. The molecule has 1 heterocycles. The lowest BCUT2D eigenvalue weighted by molar-refractivity contribution is 0.258. The molecule has 0 amide bonds. The van der Waals surface area contributed by atoms with Crippen molar-refractivity contribution in [3.63, 3.8) is 0 Å². The summed E-state index contributed by atoms with van der Waals surface area (Å²) >= 11 is 0. The Labute approximate surface area is 109 Å². The fraction of sp³-hybridized carbons (Fsp3) is 0.571. The van der Waals surface area contributed by atoms with Gasteiger partial charge in [0.1, 0.15) is 5.75 Å². The van der Waals surface area contributed by atoms with Crippen molar-refractivity contribution in [1.82, 2.24) is 4.90 Å². The molecule has 0 spiro atoms. The van der Waals surface area contributed by atoms with Crippen LogP contribution in [0.15, 0.2) is 18.2 Å². The Morgan fingerprint density at radius 2 is 2.17 bits per heavy atom. The van der Waals surface area contributed by atoms with Gasteiger partial charge in [0.25, 0.3) is 0 Å². The first-order chi connectivity index (χ1) is 8.61. The molecule has 1 aromatic carbocycles. The molecular formula is C14H23N3O. The number of anilines is 2. The van der Waals surface area contributed by atoms with Gasteiger partial charge in [-0.05, 0) is 39.1 Å². The van der Waals surface area contributed by atoms with Gasteiger partial charge in [0.15, 0.2) is 0 Å². The number of hydrogen-bond acceptors (Lipinski definition) is 4. The summed E-state index contributed by atoms with van der Waals surface area (Å²) < 4.78 is 5.19. The Morgan fingerprint density at radius 3 is 2.78 bits per heavy atom. The summed E-state index contributed by atoms with van der Waals surface area (Å²) in [6, 6.07) is 6.55. The van der Waals surface area contributed by atoms with Crippen LogP contribution in [0.25, 0.3) is 0 Å². The van der Waals surface area contributed by atoms with Crippen LogP contribution >= 0.6 is 0 Å². The molecule has 1 fully saturated rings. The van der Waals surface area contributed by atoms with E-state index >= 15 is 0 Å². The van der Waals surface area contributed by atoms with Crippen molar-refractivity contribution in [2.45, 2.75) is 18.9 Å². The fourth-order valence-electron chi connectivity index (χ4n) is 2.54. The van der Waals surface area contributed by atoms with Crippen LogP contribution in [0.2, 0.25) is 0 Å². The van der Waals surface area contributed by atoms with Crippen molar-refractivity contribution in [3.05, 3.63) is 18.2 Å². The number of likely N-dealkylation sites (N-methyl/N-ethyl adjacent to an activating group) is 1. The lowest BCUT2D eigenvalue weighted by Gasteiger charge is -2.38. The van der Waals surface area contributed by atoms with Crippen LogP contribution in [-0.4, -0.2) is 45.2 Å². The highest BCUT2D eigenvalue weighted by Gasteiger charge is 2.22. The number of nitrogen functional groups attached to an aromatic ring is 1. The lowest BCUT2D eigenvalue weighted by atomic mass is 10.0. The summed E-state index contributed by atoms with van der Waals surface area (Å²) in [6.45, 7) is 2.13. The van der Waals surface area contributed by atoms with E-state index in [0.29, 0.717) is 6.04 Å². The van der Waals surface area contributed by atoms with E-state index in [1.807, 2.05) is 12.1 Å². The minimum Gasteiger partial charge on any atom is -0.497 e. The van der Waals surface area contributed by atoms with E-state index in [4.69, 9.17) is 10.5 Å². The minimum atomic E-state index is 0.611. The number of ether oxygens (including phenoxy) is 1. The van der Waals surface area contributed by atoms with E-state index in [9.17, 15) is 0 Å². The van der Waals surface area contributed by atoms with Gasteiger partial charge in [0.05, 0.1) is 18.5 Å². The summed E-state index contributed by atoms with van der Waals surface area (Å²) in [5, 5.41) is 0. The van der Waals surface area contributed by atoms with Crippen LogP contribution in [0.5, 0.6) is 5.75 Å². The molecule has 18 heavy (non-hydrogen) atoms. The van der Waals surface area contributed by atoms with Crippen molar-refractivity contribution in [2.24, 2.45) is 0 Å². The van der Waals surface area contributed by atoms with Crippen molar-refractivity contribution >= 4 is 11.4 Å². The Balaban J connectivity index is 2.15. The largest absolute Gasteiger partial charge is 0.497 e. The number of nitrogens with zero attached hydrogens (tertiary/aromatic N) is 2. The summed E-state index contributed by atoms with van der Waals surface area (Å²) in [4.78, 5) is 4.68. The maximum absolute atomic E-state index is 6.11. The van der Waals surface area contributed by atoms with Crippen LogP contribution in [0.3, 0.4) is 0 Å². The maximum Gasteiger partial charge on any atom is 0.121 e. The van der Waals surface area contributed by atoms with Crippen LogP contribution < -0.4 is 15.4 Å². The van der Waals surface area contributed by atoms with Crippen molar-refractivity contribution in [2.75, 3.05) is 44.9 Å². The normalized spacial score (nSPS) is 20.2. The van der Waals surface area contributed by atoms with Gasteiger partial charge in [-0.25, -0.2) is 0 Å². The molecule has 1 aliphatic heterocycles. The average molecular weight is 249 g/mol. The van der Waals surface area contributed by atoms with E-state index in [0.717, 1.165) is 30.2 Å². The van der Waals surface area contributed by atoms with Gasteiger partial charge >= 0.3 is 0 Å². The Kier molecular flexibility index (Phi) is 3.97.